The minimum atomic E-state index is -0.500. The first-order chi connectivity index (χ1) is 16.4. The number of ether oxygens (including phenoxy) is 2. The first kappa shape index (κ1) is 24.2. The fourth-order valence-corrected chi connectivity index (χ4v) is 3.00. The van der Waals surface area contributed by atoms with Crippen LogP contribution in [0.2, 0.25) is 0 Å². The molecule has 0 aliphatic carbocycles. The van der Waals surface area contributed by atoms with E-state index in [1.807, 2.05) is 38.1 Å². The van der Waals surface area contributed by atoms with Gasteiger partial charge in [-0.05, 0) is 61.4 Å². The number of carbonyl (C=O) groups excluding carboxylic acids is 3. The second kappa shape index (κ2) is 11.4. The van der Waals surface area contributed by atoms with Gasteiger partial charge in [0.25, 0.3) is 11.8 Å². The average Bonchev–Trinajstić information content (AvgIpc) is 2.84. The summed E-state index contributed by atoms with van der Waals surface area (Å²) in [6, 6.07) is 19.0. The number of hydrogen-bond donors (Lipinski definition) is 2. The number of amides is 2. The van der Waals surface area contributed by atoms with Crippen LogP contribution in [0.1, 0.15) is 37.4 Å². The number of methoxy groups -OCH3 is 1. The monoisotopic (exact) mass is 459 g/mol. The van der Waals surface area contributed by atoms with Crippen molar-refractivity contribution in [2.24, 2.45) is 5.10 Å². The van der Waals surface area contributed by atoms with E-state index in [1.165, 1.54) is 13.3 Å². The third kappa shape index (κ3) is 6.52. The zero-order chi connectivity index (χ0) is 24.5. The van der Waals surface area contributed by atoms with Crippen molar-refractivity contribution < 1.29 is 23.9 Å². The third-order valence-corrected chi connectivity index (χ3v) is 4.88. The second-order valence-corrected chi connectivity index (χ2v) is 7.46. The van der Waals surface area contributed by atoms with Crippen molar-refractivity contribution in [1.82, 2.24) is 10.7 Å². The van der Waals surface area contributed by atoms with E-state index in [1.54, 1.807) is 42.5 Å². The molecule has 0 saturated carbocycles. The summed E-state index contributed by atoms with van der Waals surface area (Å²) in [6.07, 6.45) is 1.41. The Morgan fingerprint density at radius 3 is 2.38 bits per heavy atom. The molecule has 0 aliphatic heterocycles. The normalized spacial score (nSPS) is 10.6. The Balaban J connectivity index is 1.54. The average molecular weight is 460 g/mol. The van der Waals surface area contributed by atoms with Crippen molar-refractivity contribution in [3.8, 4) is 11.5 Å². The minimum Gasteiger partial charge on any atom is -0.493 e. The van der Waals surface area contributed by atoms with E-state index in [0.29, 0.717) is 22.4 Å². The molecule has 0 unspecified atom stereocenters. The van der Waals surface area contributed by atoms with Gasteiger partial charge >= 0.3 is 5.97 Å². The Labute approximate surface area is 197 Å². The van der Waals surface area contributed by atoms with Crippen molar-refractivity contribution in [3.63, 3.8) is 0 Å². The summed E-state index contributed by atoms with van der Waals surface area (Å²) in [5.74, 6) is -0.722. The molecule has 0 saturated heterocycles. The standard InChI is InChI=1S/C26H25N3O5/c1-17-8-11-20(12-9-17)26(32)34-22-13-10-19(14-23(22)33-3)15-28-29-24(30)16-27-25(31)21-7-5-4-6-18(21)2/h4-15H,16H2,1-3H3,(H,27,31)(H,29,30)/b28-15-. The van der Waals surface area contributed by atoms with E-state index in [9.17, 15) is 14.4 Å². The SMILES string of the molecule is COc1cc(/C=N\NC(=O)CNC(=O)c2ccccc2C)ccc1OC(=O)c1ccc(C)cc1. The third-order valence-electron chi connectivity index (χ3n) is 4.88. The Kier molecular flexibility index (Phi) is 8.12. The Bertz CT molecular complexity index is 1220. The van der Waals surface area contributed by atoms with Crippen LogP contribution in [0.5, 0.6) is 11.5 Å². The maximum absolute atomic E-state index is 12.4. The van der Waals surface area contributed by atoms with Crippen molar-refractivity contribution in [2.45, 2.75) is 13.8 Å². The Morgan fingerprint density at radius 2 is 1.68 bits per heavy atom. The molecule has 2 amide bonds. The zero-order valence-corrected chi connectivity index (χ0v) is 19.1. The molecule has 0 spiro atoms. The molecule has 3 aromatic carbocycles. The lowest BCUT2D eigenvalue weighted by atomic mass is 10.1. The fraction of sp³-hybridized carbons (Fsp3) is 0.154. The molecule has 0 atom stereocenters. The van der Waals surface area contributed by atoms with Gasteiger partial charge in [-0.15, -0.1) is 0 Å². The van der Waals surface area contributed by atoms with Crippen LogP contribution in [-0.4, -0.2) is 37.7 Å². The number of nitrogens with zero attached hydrogens (tertiary/aromatic N) is 1. The zero-order valence-electron chi connectivity index (χ0n) is 19.1. The van der Waals surface area contributed by atoms with Crippen molar-refractivity contribution in [1.29, 1.82) is 0 Å². The summed E-state index contributed by atoms with van der Waals surface area (Å²) in [5, 5.41) is 6.45. The molecule has 8 nitrogen and oxygen atoms in total. The van der Waals surface area contributed by atoms with Gasteiger partial charge in [0.15, 0.2) is 11.5 Å². The number of hydrazone groups is 1. The van der Waals surface area contributed by atoms with Gasteiger partial charge in [0.2, 0.25) is 0 Å². The lowest BCUT2D eigenvalue weighted by Gasteiger charge is -2.10. The van der Waals surface area contributed by atoms with Crippen molar-refractivity contribution in [2.75, 3.05) is 13.7 Å². The molecular weight excluding hydrogens is 434 g/mol. The van der Waals surface area contributed by atoms with Gasteiger partial charge in [0, 0.05) is 5.56 Å². The molecule has 34 heavy (non-hydrogen) atoms. The summed E-state index contributed by atoms with van der Waals surface area (Å²) >= 11 is 0. The molecule has 0 aromatic heterocycles. The van der Waals surface area contributed by atoms with Crippen molar-refractivity contribution >= 4 is 24.0 Å². The Morgan fingerprint density at radius 1 is 0.941 bits per heavy atom. The maximum Gasteiger partial charge on any atom is 0.343 e. The first-order valence-corrected chi connectivity index (χ1v) is 10.5. The highest BCUT2D eigenvalue weighted by molar-refractivity contribution is 5.97. The fourth-order valence-electron chi connectivity index (χ4n) is 3.00. The molecule has 174 valence electrons. The van der Waals surface area contributed by atoms with Crippen LogP contribution >= 0.6 is 0 Å². The maximum atomic E-state index is 12.4. The molecule has 0 fully saturated rings. The summed E-state index contributed by atoms with van der Waals surface area (Å²) in [4.78, 5) is 36.5. The molecular formula is C26H25N3O5. The molecule has 3 rings (SSSR count). The number of rotatable bonds is 8. The lowest BCUT2D eigenvalue weighted by Crippen LogP contribution is -2.35. The predicted molar refractivity (Wildman–Crippen MR) is 128 cm³/mol. The second-order valence-electron chi connectivity index (χ2n) is 7.46. The predicted octanol–water partition coefficient (Wildman–Crippen LogP) is 3.41. The first-order valence-electron chi connectivity index (χ1n) is 10.5. The molecule has 0 heterocycles. The van der Waals surface area contributed by atoms with Gasteiger partial charge < -0.3 is 14.8 Å². The summed E-state index contributed by atoms with van der Waals surface area (Å²) in [5.41, 5.74) is 5.76. The molecule has 2 N–H and O–H groups in total. The van der Waals surface area contributed by atoms with E-state index in [4.69, 9.17) is 9.47 Å². The van der Waals surface area contributed by atoms with E-state index in [0.717, 1.165) is 11.1 Å². The van der Waals surface area contributed by atoms with Gasteiger partial charge in [-0.1, -0.05) is 35.9 Å². The highest BCUT2D eigenvalue weighted by atomic mass is 16.6. The molecule has 8 heteroatoms. The summed E-state index contributed by atoms with van der Waals surface area (Å²) in [6.45, 7) is 3.53. The topological polar surface area (TPSA) is 106 Å². The molecule has 0 aliphatic rings. The molecule has 0 radical (unpaired) electrons. The van der Waals surface area contributed by atoms with E-state index >= 15 is 0 Å². The van der Waals surface area contributed by atoms with Gasteiger partial charge in [0.1, 0.15) is 0 Å². The minimum absolute atomic E-state index is 0.221. The van der Waals surface area contributed by atoms with E-state index < -0.39 is 11.9 Å². The number of esters is 1. The largest absolute Gasteiger partial charge is 0.493 e. The number of benzene rings is 3. The van der Waals surface area contributed by atoms with Gasteiger partial charge in [-0.25, -0.2) is 10.2 Å². The van der Waals surface area contributed by atoms with Crippen LogP contribution < -0.4 is 20.2 Å². The highest BCUT2D eigenvalue weighted by Gasteiger charge is 2.13. The van der Waals surface area contributed by atoms with Crippen molar-refractivity contribution in [3.05, 3.63) is 94.5 Å². The van der Waals surface area contributed by atoms with E-state index in [2.05, 4.69) is 15.8 Å². The number of carbonyl (C=O) groups is 3. The van der Waals surface area contributed by atoms with Gasteiger partial charge in [0.05, 0.1) is 25.4 Å². The number of nitrogens with one attached hydrogen (secondary N) is 2. The van der Waals surface area contributed by atoms with Crippen LogP contribution in [0.3, 0.4) is 0 Å². The number of hydrogen-bond acceptors (Lipinski definition) is 6. The van der Waals surface area contributed by atoms with Gasteiger partial charge in [-0.3, -0.25) is 9.59 Å². The Hall–Kier alpha value is -4.46. The molecule has 0 bridgehead atoms. The lowest BCUT2D eigenvalue weighted by molar-refractivity contribution is -0.120. The van der Waals surface area contributed by atoms with Crippen LogP contribution in [0, 0.1) is 13.8 Å². The van der Waals surface area contributed by atoms with Gasteiger partial charge in [-0.2, -0.15) is 5.10 Å². The van der Waals surface area contributed by atoms with Crippen LogP contribution in [-0.2, 0) is 4.79 Å². The summed E-state index contributed by atoms with van der Waals surface area (Å²) < 4.78 is 10.8. The van der Waals surface area contributed by atoms with Crippen LogP contribution in [0.25, 0.3) is 0 Å². The smallest absolute Gasteiger partial charge is 0.343 e. The van der Waals surface area contributed by atoms with Crippen LogP contribution in [0.15, 0.2) is 71.8 Å². The number of aryl methyl sites for hydroxylation is 2. The highest BCUT2D eigenvalue weighted by Crippen LogP contribution is 2.28. The summed E-state index contributed by atoms with van der Waals surface area (Å²) in [7, 11) is 1.46. The quantitative estimate of drug-likeness (QED) is 0.232. The van der Waals surface area contributed by atoms with Crippen LogP contribution in [0.4, 0.5) is 0 Å². The van der Waals surface area contributed by atoms with E-state index in [-0.39, 0.29) is 18.2 Å². The molecule has 3 aromatic rings.